The van der Waals surface area contributed by atoms with Gasteiger partial charge in [-0.3, -0.25) is 9.59 Å². The summed E-state index contributed by atoms with van der Waals surface area (Å²) in [5, 5.41) is 2.99. The Labute approximate surface area is 152 Å². The fourth-order valence-electron chi connectivity index (χ4n) is 3.37. The molecule has 4 nitrogen and oxygen atoms in total. The van der Waals surface area contributed by atoms with Gasteiger partial charge in [0.15, 0.2) is 0 Å². The lowest BCUT2D eigenvalue weighted by molar-refractivity contribution is -0.116. The summed E-state index contributed by atoms with van der Waals surface area (Å²) in [6.45, 7) is 5.81. The normalized spacial score (nSPS) is 13.9. The summed E-state index contributed by atoms with van der Waals surface area (Å²) < 4.78 is 0. The van der Waals surface area contributed by atoms with Crippen LogP contribution in [-0.4, -0.2) is 29.8 Å². The van der Waals surface area contributed by atoms with Gasteiger partial charge in [0, 0.05) is 30.8 Å². The zero-order valence-electron chi connectivity index (χ0n) is 15.8. The number of nitrogens with zero attached hydrogens (tertiary/aromatic N) is 1. The van der Waals surface area contributed by atoms with Gasteiger partial charge >= 0.3 is 0 Å². The van der Waals surface area contributed by atoms with E-state index in [1.165, 1.54) is 25.7 Å². The van der Waals surface area contributed by atoms with E-state index in [0.29, 0.717) is 12.0 Å². The Morgan fingerprint density at radius 1 is 1.04 bits per heavy atom. The van der Waals surface area contributed by atoms with Crippen molar-refractivity contribution in [2.45, 2.75) is 71.6 Å². The van der Waals surface area contributed by atoms with Crippen molar-refractivity contribution in [3.8, 4) is 0 Å². The average Bonchev–Trinajstić information content (AvgIpc) is 3.14. The van der Waals surface area contributed by atoms with E-state index in [-0.39, 0.29) is 11.8 Å². The van der Waals surface area contributed by atoms with Crippen molar-refractivity contribution in [2.75, 3.05) is 18.4 Å². The SMILES string of the molecule is CCCCCCCCC(=O)Nc1cccc(C(=O)N2CCCC2)c1C. The second-order valence-corrected chi connectivity index (χ2v) is 7.04. The van der Waals surface area contributed by atoms with Crippen LogP contribution in [0.1, 0.15) is 80.6 Å². The smallest absolute Gasteiger partial charge is 0.254 e. The molecule has 1 heterocycles. The van der Waals surface area contributed by atoms with E-state index in [4.69, 9.17) is 0 Å². The highest BCUT2D eigenvalue weighted by Crippen LogP contribution is 2.22. The second kappa shape index (κ2) is 10.2. The van der Waals surface area contributed by atoms with E-state index < -0.39 is 0 Å². The number of anilines is 1. The van der Waals surface area contributed by atoms with Crippen LogP contribution in [0.15, 0.2) is 18.2 Å². The molecule has 4 heteroatoms. The van der Waals surface area contributed by atoms with Crippen molar-refractivity contribution in [1.82, 2.24) is 4.90 Å². The zero-order valence-corrected chi connectivity index (χ0v) is 15.8. The number of carbonyl (C=O) groups excluding carboxylic acids is 2. The van der Waals surface area contributed by atoms with E-state index in [1.807, 2.05) is 30.0 Å². The highest BCUT2D eigenvalue weighted by Gasteiger charge is 2.21. The lowest BCUT2D eigenvalue weighted by atomic mass is 10.0. The van der Waals surface area contributed by atoms with Crippen LogP contribution in [0.2, 0.25) is 0 Å². The fraction of sp³-hybridized carbons (Fsp3) is 0.619. The Kier molecular flexibility index (Phi) is 7.96. The van der Waals surface area contributed by atoms with Gasteiger partial charge in [-0.05, 0) is 43.9 Å². The molecule has 0 bridgehead atoms. The van der Waals surface area contributed by atoms with Gasteiger partial charge in [-0.1, -0.05) is 45.1 Å². The van der Waals surface area contributed by atoms with Gasteiger partial charge in [-0.2, -0.15) is 0 Å². The predicted octanol–water partition coefficient (Wildman–Crippen LogP) is 4.92. The van der Waals surface area contributed by atoms with Crippen molar-refractivity contribution >= 4 is 17.5 Å². The van der Waals surface area contributed by atoms with Gasteiger partial charge in [0.1, 0.15) is 0 Å². The zero-order chi connectivity index (χ0) is 18.1. The van der Waals surface area contributed by atoms with Crippen LogP contribution in [0, 0.1) is 6.92 Å². The number of rotatable bonds is 9. The van der Waals surface area contributed by atoms with Gasteiger partial charge < -0.3 is 10.2 Å². The molecule has 0 unspecified atom stereocenters. The highest BCUT2D eigenvalue weighted by atomic mass is 16.2. The summed E-state index contributed by atoms with van der Waals surface area (Å²) in [4.78, 5) is 26.7. The molecule has 0 aromatic heterocycles. The molecule has 138 valence electrons. The van der Waals surface area contributed by atoms with Gasteiger partial charge in [0.25, 0.3) is 5.91 Å². The number of likely N-dealkylation sites (tertiary alicyclic amines) is 1. The molecular formula is C21H32N2O2. The number of unbranched alkanes of at least 4 members (excludes halogenated alkanes) is 5. The van der Waals surface area contributed by atoms with Crippen molar-refractivity contribution in [3.05, 3.63) is 29.3 Å². The molecule has 25 heavy (non-hydrogen) atoms. The van der Waals surface area contributed by atoms with Gasteiger partial charge in [0.05, 0.1) is 0 Å². The summed E-state index contributed by atoms with van der Waals surface area (Å²) in [6, 6.07) is 5.60. The van der Waals surface area contributed by atoms with Crippen LogP contribution in [0.25, 0.3) is 0 Å². The number of hydrogen-bond acceptors (Lipinski definition) is 2. The molecule has 1 aromatic rings. The maximum absolute atomic E-state index is 12.6. The topological polar surface area (TPSA) is 49.4 Å². The fourth-order valence-corrected chi connectivity index (χ4v) is 3.37. The van der Waals surface area contributed by atoms with E-state index >= 15 is 0 Å². The maximum atomic E-state index is 12.6. The monoisotopic (exact) mass is 344 g/mol. The molecule has 1 aromatic carbocycles. The lowest BCUT2D eigenvalue weighted by Crippen LogP contribution is -2.28. The molecule has 1 aliphatic rings. The second-order valence-electron chi connectivity index (χ2n) is 7.04. The van der Waals surface area contributed by atoms with Crippen LogP contribution in [-0.2, 0) is 4.79 Å². The van der Waals surface area contributed by atoms with E-state index in [2.05, 4.69) is 12.2 Å². The maximum Gasteiger partial charge on any atom is 0.254 e. The molecule has 0 saturated carbocycles. The highest BCUT2D eigenvalue weighted by molar-refractivity contribution is 5.99. The third-order valence-corrected chi connectivity index (χ3v) is 4.99. The van der Waals surface area contributed by atoms with Crippen molar-refractivity contribution in [2.24, 2.45) is 0 Å². The number of hydrogen-bond donors (Lipinski definition) is 1. The molecule has 0 spiro atoms. The van der Waals surface area contributed by atoms with Crippen LogP contribution >= 0.6 is 0 Å². The predicted molar refractivity (Wildman–Crippen MR) is 103 cm³/mol. The lowest BCUT2D eigenvalue weighted by Gasteiger charge is -2.18. The minimum atomic E-state index is 0.0457. The average molecular weight is 344 g/mol. The van der Waals surface area contributed by atoms with Crippen molar-refractivity contribution in [3.63, 3.8) is 0 Å². The first-order chi connectivity index (χ1) is 12.1. The first-order valence-corrected chi connectivity index (χ1v) is 9.82. The molecular weight excluding hydrogens is 312 g/mol. The molecule has 1 aliphatic heterocycles. The third kappa shape index (κ3) is 5.87. The summed E-state index contributed by atoms with van der Waals surface area (Å²) in [6.07, 6.45) is 9.75. The summed E-state index contributed by atoms with van der Waals surface area (Å²) in [7, 11) is 0. The third-order valence-electron chi connectivity index (χ3n) is 4.99. The van der Waals surface area contributed by atoms with Crippen molar-refractivity contribution < 1.29 is 9.59 Å². The van der Waals surface area contributed by atoms with Gasteiger partial charge in [-0.15, -0.1) is 0 Å². The molecule has 2 amide bonds. The Balaban J connectivity index is 1.86. The molecule has 0 radical (unpaired) electrons. The Bertz CT molecular complexity index is 577. The standard InChI is InChI=1S/C21H32N2O2/c1-3-4-5-6-7-8-14-20(24)22-19-13-11-12-18(17(19)2)21(25)23-15-9-10-16-23/h11-13H,3-10,14-16H2,1-2H3,(H,22,24). The Morgan fingerprint density at radius 3 is 2.44 bits per heavy atom. The molecule has 0 atom stereocenters. The van der Waals surface area contributed by atoms with Crippen LogP contribution in [0.5, 0.6) is 0 Å². The Hall–Kier alpha value is -1.84. The first kappa shape index (κ1) is 19.5. The van der Waals surface area contributed by atoms with Gasteiger partial charge in [0.2, 0.25) is 5.91 Å². The minimum Gasteiger partial charge on any atom is -0.339 e. The molecule has 0 aliphatic carbocycles. The van der Waals surface area contributed by atoms with E-state index in [0.717, 1.165) is 50.0 Å². The Morgan fingerprint density at radius 2 is 1.72 bits per heavy atom. The van der Waals surface area contributed by atoms with Crippen molar-refractivity contribution in [1.29, 1.82) is 0 Å². The number of carbonyl (C=O) groups is 2. The van der Waals surface area contributed by atoms with E-state index in [9.17, 15) is 9.59 Å². The van der Waals surface area contributed by atoms with E-state index in [1.54, 1.807) is 0 Å². The molecule has 2 rings (SSSR count). The molecule has 1 N–H and O–H groups in total. The molecule has 1 saturated heterocycles. The summed E-state index contributed by atoms with van der Waals surface area (Å²) in [5.41, 5.74) is 2.34. The first-order valence-electron chi connectivity index (χ1n) is 9.82. The molecule has 1 fully saturated rings. The van der Waals surface area contributed by atoms with Crippen LogP contribution in [0.4, 0.5) is 5.69 Å². The number of nitrogens with one attached hydrogen (secondary N) is 1. The summed E-state index contributed by atoms with van der Waals surface area (Å²) >= 11 is 0. The van der Waals surface area contributed by atoms with Gasteiger partial charge in [-0.25, -0.2) is 0 Å². The quantitative estimate of drug-likeness (QED) is 0.646. The van der Waals surface area contributed by atoms with Crippen LogP contribution in [0.3, 0.4) is 0 Å². The summed E-state index contributed by atoms with van der Waals surface area (Å²) in [5.74, 6) is 0.131. The van der Waals surface area contributed by atoms with Crippen LogP contribution < -0.4 is 5.32 Å². The number of benzene rings is 1. The minimum absolute atomic E-state index is 0.0457. The largest absolute Gasteiger partial charge is 0.339 e. The number of amides is 2.